The van der Waals surface area contributed by atoms with Crippen molar-refractivity contribution in [1.29, 1.82) is 0 Å². The Hall–Kier alpha value is -1.75. The third kappa shape index (κ3) is 6.63. The molecule has 168 valence electrons. The van der Waals surface area contributed by atoms with E-state index < -0.39 is 0 Å². The van der Waals surface area contributed by atoms with Crippen LogP contribution in [0.25, 0.3) is 6.08 Å². The summed E-state index contributed by atoms with van der Waals surface area (Å²) in [6, 6.07) is 9.07. The number of carbonyl (C=O) groups is 2. The second kappa shape index (κ2) is 11.4. The number of unbranched alkanes of at least 4 members (excludes halogenated alkanes) is 2. The quantitative estimate of drug-likeness (QED) is 0.207. The molecule has 0 unspecified atom stereocenters. The number of thioether (sulfide) groups is 1. The van der Waals surface area contributed by atoms with Crippen LogP contribution in [0.3, 0.4) is 0 Å². The molecule has 5 nitrogen and oxygen atoms in total. The molecule has 1 aliphatic heterocycles. The van der Waals surface area contributed by atoms with Crippen molar-refractivity contribution in [3.8, 4) is 5.75 Å². The summed E-state index contributed by atoms with van der Waals surface area (Å²) in [5.74, 6) is -0.623. The lowest BCUT2D eigenvalue weighted by atomic mass is 10.1. The van der Waals surface area contributed by atoms with Gasteiger partial charge in [-0.2, -0.15) is 0 Å². The molecule has 3 rings (SSSR count). The van der Waals surface area contributed by atoms with Gasteiger partial charge in [0, 0.05) is 28.7 Å². The highest BCUT2D eigenvalue weighted by Gasteiger charge is 2.31. The van der Waals surface area contributed by atoms with Crippen LogP contribution in [0.5, 0.6) is 5.75 Å². The fourth-order valence-electron chi connectivity index (χ4n) is 3.02. The number of hydrogen-bond donors (Lipinski definition) is 2. The first kappa shape index (κ1) is 24.9. The van der Waals surface area contributed by atoms with Gasteiger partial charge in [0.1, 0.15) is 15.9 Å². The average molecular weight is 602 g/mol. The van der Waals surface area contributed by atoms with Crippen molar-refractivity contribution < 1.29 is 19.1 Å². The van der Waals surface area contributed by atoms with Crippen LogP contribution >= 0.6 is 55.8 Å². The summed E-state index contributed by atoms with van der Waals surface area (Å²) >= 11 is 13.2. The maximum Gasteiger partial charge on any atom is 0.266 e. The van der Waals surface area contributed by atoms with Gasteiger partial charge in [0.25, 0.3) is 5.91 Å². The molecule has 1 fully saturated rings. The van der Waals surface area contributed by atoms with Crippen molar-refractivity contribution in [1.82, 2.24) is 4.90 Å². The standard InChI is InChI=1S/C22H19Br2FN2O3S2/c23-14-10-13(20(29)17(24)12-14)11-18-21(30)27(22(31)32-18)9-3-1-2-4-19(28)26-16-7-5-15(25)6-8-16/h5-8,10-12,29H,1-4,9H2,(H,26,28)/b18-11-. The number of nitrogens with one attached hydrogen (secondary N) is 1. The summed E-state index contributed by atoms with van der Waals surface area (Å²) in [7, 11) is 0. The molecule has 2 amide bonds. The Labute approximate surface area is 211 Å². The molecule has 0 radical (unpaired) electrons. The van der Waals surface area contributed by atoms with Gasteiger partial charge in [0.2, 0.25) is 5.91 Å². The summed E-state index contributed by atoms with van der Waals surface area (Å²) < 4.78 is 14.7. The van der Waals surface area contributed by atoms with E-state index >= 15 is 0 Å². The second-order valence-electron chi connectivity index (χ2n) is 7.02. The van der Waals surface area contributed by atoms with E-state index in [1.165, 1.54) is 36.0 Å². The Morgan fingerprint density at radius 2 is 1.91 bits per heavy atom. The molecule has 2 aromatic rings. The van der Waals surface area contributed by atoms with Gasteiger partial charge in [0.15, 0.2) is 0 Å². The smallest absolute Gasteiger partial charge is 0.266 e. The van der Waals surface area contributed by atoms with Crippen LogP contribution in [0.1, 0.15) is 31.2 Å². The zero-order chi connectivity index (χ0) is 23.3. The van der Waals surface area contributed by atoms with Crippen LogP contribution in [-0.2, 0) is 9.59 Å². The SMILES string of the molecule is O=C(CCCCCN1C(=O)/C(=C/c2cc(Br)cc(Br)c2O)SC1=S)Nc1ccc(F)cc1. The van der Waals surface area contributed by atoms with E-state index in [0.717, 1.165) is 10.9 Å². The maximum atomic E-state index is 12.9. The van der Waals surface area contributed by atoms with Crippen LogP contribution in [-0.4, -0.2) is 32.7 Å². The summed E-state index contributed by atoms with van der Waals surface area (Å²) in [6.07, 6.45) is 4.10. The first-order chi connectivity index (χ1) is 15.2. The number of rotatable bonds is 8. The minimum atomic E-state index is -0.352. The normalized spacial score (nSPS) is 15.0. The monoisotopic (exact) mass is 600 g/mol. The Kier molecular flexibility index (Phi) is 8.87. The van der Waals surface area contributed by atoms with E-state index in [2.05, 4.69) is 37.2 Å². The van der Waals surface area contributed by atoms with E-state index in [1.54, 1.807) is 23.1 Å². The summed E-state index contributed by atoms with van der Waals surface area (Å²) in [6.45, 7) is 0.468. The summed E-state index contributed by atoms with van der Waals surface area (Å²) in [5, 5.41) is 13.0. The van der Waals surface area contributed by atoms with Crippen LogP contribution < -0.4 is 5.32 Å². The minimum Gasteiger partial charge on any atom is -0.506 e. The highest BCUT2D eigenvalue weighted by atomic mass is 79.9. The molecule has 0 bridgehead atoms. The predicted molar refractivity (Wildman–Crippen MR) is 137 cm³/mol. The van der Waals surface area contributed by atoms with E-state index in [0.29, 0.717) is 50.8 Å². The third-order valence-corrected chi connectivity index (χ3v) is 7.07. The molecule has 1 heterocycles. The number of nitrogens with zero attached hydrogens (tertiary/aromatic N) is 1. The molecule has 0 saturated carbocycles. The number of anilines is 1. The van der Waals surface area contributed by atoms with Gasteiger partial charge in [-0.1, -0.05) is 46.3 Å². The zero-order valence-electron chi connectivity index (χ0n) is 16.7. The first-order valence-electron chi connectivity index (χ1n) is 9.73. The highest BCUT2D eigenvalue weighted by molar-refractivity contribution is 9.11. The molecule has 0 atom stereocenters. The number of halogens is 3. The predicted octanol–water partition coefficient (Wildman–Crippen LogP) is 6.46. The van der Waals surface area contributed by atoms with E-state index in [1.807, 2.05) is 0 Å². The fraction of sp³-hybridized carbons (Fsp3) is 0.227. The number of aromatic hydroxyl groups is 1. The van der Waals surface area contributed by atoms with E-state index in [-0.39, 0.29) is 23.4 Å². The lowest BCUT2D eigenvalue weighted by Gasteiger charge is -2.14. The number of benzene rings is 2. The molecule has 32 heavy (non-hydrogen) atoms. The van der Waals surface area contributed by atoms with Crippen LogP contribution in [0.2, 0.25) is 0 Å². The minimum absolute atomic E-state index is 0.0531. The van der Waals surface area contributed by atoms with Crippen LogP contribution in [0.4, 0.5) is 10.1 Å². The topological polar surface area (TPSA) is 69.6 Å². The molecule has 0 spiro atoms. The van der Waals surface area contributed by atoms with Crippen molar-refractivity contribution in [3.05, 3.63) is 61.6 Å². The largest absolute Gasteiger partial charge is 0.506 e. The number of carbonyl (C=O) groups excluding carboxylic acids is 2. The fourth-order valence-corrected chi connectivity index (χ4v) is 5.58. The summed E-state index contributed by atoms with van der Waals surface area (Å²) in [4.78, 5) is 26.7. The van der Waals surface area contributed by atoms with E-state index in [9.17, 15) is 19.1 Å². The third-order valence-electron chi connectivity index (χ3n) is 4.63. The van der Waals surface area contributed by atoms with Gasteiger partial charge in [-0.15, -0.1) is 0 Å². The first-order valence-corrected chi connectivity index (χ1v) is 12.5. The van der Waals surface area contributed by atoms with Crippen molar-refractivity contribution >= 4 is 83.7 Å². The van der Waals surface area contributed by atoms with E-state index in [4.69, 9.17) is 12.2 Å². The van der Waals surface area contributed by atoms with Crippen molar-refractivity contribution in [2.75, 3.05) is 11.9 Å². The van der Waals surface area contributed by atoms with Gasteiger partial charge < -0.3 is 10.4 Å². The lowest BCUT2D eigenvalue weighted by Crippen LogP contribution is -2.29. The van der Waals surface area contributed by atoms with Gasteiger partial charge in [-0.05, 0) is 71.2 Å². The molecule has 2 aromatic carbocycles. The number of thiocarbonyl (C=S) groups is 1. The molecule has 0 aromatic heterocycles. The van der Waals surface area contributed by atoms with Crippen LogP contribution in [0.15, 0.2) is 50.2 Å². The Bertz CT molecular complexity index is 1080. The molecule has 1 saturated heterocycles. The Morgan fingerprint density at radius 3 is 2.62 bits per heavy atom. The summed E-state index contributed by atoms with van der Waals surface area (Å²) in [5.41, 5.74) is 1.07. The Balaban J connectivity index is 1.47. The van der Waals surface area contributed by atoms with Crippen LogP contribution in [0, 0.1) is 5.82 Å². The van der Waals surface area contributed by atoms with Gasteiger partial charge in [0.05, 0.1) is 9.38 Å². The molecule has 1 aliphatic rings. The van der Waals surface area contributed by atoms with Gasteiger partial charge >= 0.3 is 0 Å². The second-order valence-corrected chi connectivity index (χ2v) is 10.5. The molecular formula is C22H19Br2FN2O3S2. The van der Waals surface area contributed by atoms with Crippen molar-refractivity contribution in [2.45, 2.75) is 25.7 Å². The number of amides is 2. The number of hydrogen-bond acceptors (Lipinski definition) is 5. The lowest BCUT2D eigenvalue weighted by molar-refractivity contribution is -0.122. The molecule has 0 aliphatic carbocycles. The average Bonchev–Trinajstić information content (AvgIpc) is 3.00. The van der Waals surface area contributed by atoms with Crippen molar-refractivity contribution in [3.63, 3.8) is 0 Å². The number of phenols is 1. The maximum absolute atomic E-state index is 12.9. The number of phenolic OH excluding ortho intramolecular Hbond substituents is 1. The molecular weight excluding hydrogens is 583 g/mol. The highest BCUT2D eigenvalue weighted by Crippen LogP contribution is 2.37. The van der Waals surface area contributed by atoms with Gasteiger partial charge in [-0.3, -0.25) is 14.5 Å². The van der Waals surface area contributed by atoms with Crippen molar-refractivity contribution in [2.24, 2.45) is 0 Å². The van der Waals surface area contributed by atoms with Gasteiger partial charge in [-0.25, -0.2) is 4.39 Å². The molecule has 2 N–H and O–H groups in total. The Morgan fingerprint density at radius 1 is 1.19 bits per heavy atom. The molecule has 10 heteroatoms. The zero-order valence-corrected chi connectivity index (χ0v) is 21.5.